The van der Waals surface area contributed by atoms with Crippen LogP contribution in [0.5, 0.6) is 5.75 Å². The Labute approximate surface area is 127 Å². The maximum atomic E-state index is 5.33. The van der Waals surface area contributed by atoms with Gasteiger partial charge in [-0.25, -0.2) is 0 Å². The standard InChI is InChI=1S/C15H24N2O2.ClH/c1-18-15-4-2-14(3-5-15)6-7-16-8-9-17-10-12-19-13-11-17;/h2-5,16H,6-13H2,1H3;1H. The molecule has 1 N–H and O–H groups in total. The van der Waals surface area contributed by atoms with Gasteiger partial charge in [0.1, 0.15) is 5.75 Å². The van der Waals surface area contributed by atoms with Crippen LogP contribution < -0.4 is 10.1 Å². The van der Waals surface area contributed by atoms with E-state index in [-0.39, 0.29) is 12.4 Å². The van der Waals surface area contributed by atoms with Crippen LogP contribution in [-0.4, -0.2) is 57.9 Å². The van der Waals surface area contributed by atoms with E-state index >= 15 is 0 Å². The summed E-state index contributed by atoms with van der Waals surface area (Å²) in [6, 6.07) is 8.29. The zero-order valence-electron chi connectivity index (χ0n) is 12.1. The molecule has 1 saturated heterocycles. The van der Waals surface area contributed by atoms with Gasteiger partial charge in [0, 0.05) is 26.2 Å². The van der Waals surface area contributed by atoms with Crippen molar-refractivity contribution in [3.05, 3.63) is 29.8 Å². The molecule has 5 heteroatoms. The minimum absolute atomic E-state index is 0. The lowest BCUT2D eigenvalue weighted by molar-refractivity contribution is 0.0385. The van der Waals surface area contributed by atoms with Gasteiger partial charge in [-0.2, -0.15) is 0 Å². The molecule has 0 aromatic heterocycles. The Morgan fingerprint density at radius 3 is 2.50 bits per heavy atom. The van der Waals surface area contributed by atoms with Crippen LogP contribution in [0.15, 0.2) is 24.3 Å². The van der Waals surface area contributed by atoms with Crippen LogP contribution in [0.25, 0.3) is 0 Å². The normalized spacial score (nSPS) is 15.7. The van der Waals surface area contributed by atoms with E-state index in [4.69, 9.17) is 9.47 Å². The molecule has 20 heavy (non-hydrogen) atoms. The first-order valence-electron chi connectivity index (χ1n) is 7.02. The van der Waals surface area contributed by atoms with Crippen LogP contribution in [-0.2, 0) is 11.2 Å². The Balaban J connectivity index is 0.00000200. The summed E-state index contributed by atoms with van der Waals surface area (Å²) in [5.74, 6) is 0.920. The second-order valence-electron chi connectivity index (χ2n) is 4.80. The van der Waals surface area contributed by atoms with Gasteiger partial charge in [-0.3, -0.25) is 4.90 Å². The first-order chi connectivity index (χ1) is 9.38. The third kappa shape index (κ3) is 6.09. The van der Waals surface area contributed by atoms with Crippen molar-refractivity contribution < 1.29 is 9.47 Å². The molecule has 2 rings (SSSR count). The lowest BCUT2D eigenvalue weighted by atomic mass is 10.1. The van der Waals surface area contributed by atoms with Gasteiger partial charge in [-0.15, -0.1) is 12.4 Å². The molecular weight excluding hydrogens is 276 g/mol. The number of nitrogens with zero attached hydrogens (tertiary/aromatic N) is 1. The van der Waals surface area contributed by atoms with Crippen LogP contribution in [0.2, 0.25) is 0 Å². The van der Waals surface area contributed by atoms with Crippen molar-refractivity contribution in [3.8, 4) is 5.75 Å². The second kappa shape index (κ2) is 10.00. The molecule has 1 aromatic carbocycles. The zero-order valence-corrected chi connectivity index (χ0v) is 13.0. The highest BCUT2D eigenvalue weighted by molar-refractivity contribution is 5.85. The van der Waals surface area contributed by atoms with Crippen molar-refractivity contribution in [2.75, 3.05) is 53.0 Å². The fourth-order valence-electron chi connectivity index (χ4n) is 2.21. The highest BCUT2D eigenvalue weighted by Crippen LogP contribution is 2.11. The number of ether oxygens (including phenoxy) is 2. The summed E-state index contributed by atoms with van der Waals surface area (Å²) >= 11 is 0. The zero-order chi connectivity index (χ0) is 13.3. The van der Waals surface area contributed by atoms with Crippen LogP contribution >= 0.6 is 12.4 Å². The Morgan fingerprint density at radius 1 is 1.15 bits per heavy atom. The van der Waals surface area contributed by atoms with Crippen LogP contribution in [0.4, 0.5) is 0 Å². The van der Waals surface area contributed by atoms with E-state index in [0.29, 0.717) is 0 Å². The molecule has 4 nitrogen and oxygen atoms in total. The van der Waals surface area contributed by atoms with Gasteiger partial charge in [-0.05, 0) is 30.7 Å². The second-order valence-corrected chi connectivity index (χ2v) is 4.80. The maximum Gasteiger partial charge on any atom is 0.118 e. The van der Waals surface area contributed by atoms with Crippen molar-refractivity contribution in [1.82, 2.24) is 10.2 Å². The summed E-state index contributed by atoms with van der Waals surface area (Å²) in [6.07, 6.45) is 1.06. The van der Waals surface area contributed by atoms with Crippen LogP contribution in [0.3, 0.4) is 0 Å². The Kier molecular flexibility index (Phi) is 8.62. The van der Waals surface area contributed by atoms with Gasteiger partial charge >= 0.3 is 0 Å². The van der Waals surface area contributed by atoms with E-state index in [0.717, 1.165) is 58.1 Å². The SMILES string of the molecule is COc1ccc(CCNCCN2CCOCC2)cc1.Cl. The quantitative estimate of drug-likeness (QED) is 0.775. The highest BCUT2D eigenvalue weighted by atomic mass is 35.5. The van der Waals surface area contributed by atoms with Crippen molar-refractivity contribution >= 4 is 12.4 Å². The molecule has 1 aliphatic heterocycles. The molecule has 0 aliphatic carbocycles. The first kappa shape index (κ1) is 17.2. The lowest BCUT2D eigenvalue weighted by Gasteiger charge is -2.26. The predicted molar refractivity (Wildman–Crippen MR) is 84.1 cm³/mol. The molecule has 0 spiro atoms. The van der Waals surface area contributed by atoms with Crippen LogP contribution in [0.1, 0.15) is 5.56 Å². The van der Waals surface area contributed by atoms with Gasteiger partial charge in [0.05, 0.1) is 20.3 Å². The number of hydrogen-bond acceptors (Lipinski definition) is 4. The largest absolute Gasteiger partial charge is 0.497 e. The van der Waals surface area contributed by atoms with Crippen LogP contribution in [0, 0.1) is 0 Å². The van der Waals surface area contributed by atoms with Gasteiger partial charge in [0.2, 0.25) is 0 Å². The fourth-order valence-corrected chi connectivity index (χ4v) is 2.21. The number of hydrogen-bond donors (Lipinski definition) is 1. The number of halogens is 1. The Bertz CT molecular complexity index is 353. The first-order valence-corrected chi connectivity index (χ1v) is 7.02. The van der Waals surface area contributed by atoms with E-state index in [1.54, 1.807) is 7.11 Å². The third-order valence-electron chi connectivity index (χ3n) is 3.46. The smallest absolute Gasteiger partial charge is 0.118 e. The summed E-state index contributed by atoms with van der Waals surface area (Å²) in [5.41, 5.74) is 1.35. The molecule has 0 atom stereocenters. The minimum atomic E-state index is 0. The van der Waals surface area contributed by atoms with E-state index in [1.807, 2.05) is 12.1 Å². The van der Waals surface area contributed by atoms with Crippen molar-refractivity contribution in [3.63, 3.8) is 0 Å². The van der Waals surface area contributed by atoms with Gasteiger partial charge in [0.15, 0.2) is 0 Å². The molecular formula is C15H25ClN2O2. The molecule has 0 radical (unpaired) electrons. The van der Waals surface area contributed by atoms with Gasteiger partial charge in [0.25, 0.3) is 0 Å². The molecule has 1 aromatic rings. The Hall–Kier alpha value is -0.810. The molecule has 1 aliphatic rings. The predicted octanol–water partition coefficient (Wildman–Crippen LogP) is 1.58. The number of methoxy groups -OCH3 is 1. The van der Waals surface area contributed by atoms with E-state index < -0.39 is 0 Å². The maximum absolute atomic E-state index is 5.33. The average molecular weight is 301 g/mol. The molecule has 0 bridgehead atoms. The molecule has 114 valence electrons. The van der Waals surface area contributed by atoms with E-state index in [2.05, 4.69) is 22.3 Å². The molecule has 1 fully saturated rings. The lowest BCUT2D eigenvalue weighted by Crippen LogP contribution is -2.40. The summed E-state index contributed by atoms with van der Waals surface area (Å²) < 4.78 is 10.5. The minimum Gasteiger partial charge on any atom is -0.497 e. The summed E-state index contributed by atoms with van der Waals surface area (Å²) in [4.78, 5) is 2.45. The van der Waals surface area contributed by atoms with Gasteiger partial charge < -0.3 is 14.8 Å². The average Bonchev–Trinajstić information content (AvgIpc) is 2.49. The molecule has 0 saturated carbocycles. The third-order valence-corrected chi connectivity index (χ3v) is 3.46. The number of nitrogens with one attached hydrogen (secondary N) is 1. The monoisotopic (exact) mass is 300 g/mol. The summed E-state index contributed by atoms with van der Waals surface area (Å²) in [5, 5.41) is 3.50. The number of benzene rings is 1. The van der Waals surface area contributed by atoms with E-state index in [1.165, 1.54) is 5.56 Å². The highest BCUT2D eigenvalue weighted by Gasteiger charge is 2.08. The van der Waals surface area contributed by atoms with Crippen molar-refractivity contribution in [1.29, 1.82) is 0 Å². The number of rotatable bonds is 7. The summed E-state index contributed by atoms with van der Waals surface area (Å²) in [6.45, 7) is 7.09. The molecule has 1 heterocycles. The van der Waals surface area contributed by atoms with E-state index in [9.17, 15) is 0 Å². The molecule has 0 unspecified atom stereocenters. The van der Waals surface area contributed by atoms with Gasteiger partial charge in [-0.1, -0.05) is 12.1 Å². The number of morpholine rings is 1. The summed E-state index contributed by atoms with van der Waals surface area (Å²) in [7, 11) is 1.70. The fraction of sp³-hybridized carbons (Fsp3) is 0.600. The Morgan fingerprint density at radius 2 is 1.85 bits per heavy atom. The van der Waals surface area contributed by atoms with Crippen molar-refractivity contribution in [2.45, 2.75) is 6.42 Å². The topological polar surface area (TPSA) is 33.7 Å². The van der Waals surface area contributed by atoms with Crippen molar-refractivity contribution in [2.24, 2.45) is 0 Å². The molecule has 0 amide bonds.